The molecule has 0 spiro atoms. The van der Waals surface area contributed by atoms with Crippen LogP contribution in [0.15, 0.2) is 36.7 Å². The predicted molar refractivity (Wildman–Crippen MR) is 99.4 cm³/mol. The standard InChI is InChI=1S/C18H21F3N4O2.ClH/c1-25-10-13(7-24-25)15-8-22-9-16(15)17(26)23-6-12-3-2-4-14(5-12)27-11-18(19,20)21;/h2-5,7,10,15-16,22H,6,8-9,11H2,1H3,(H,23,26);1H/t15-,16+;/m1./s1. The van der Waals surface area contributed by atoms with Crippen molar-refractivity contribution in [1.82, 2.24) is 20.4 Å². The first kappa shape index (κ1) is 22.0. The molecule has 1 aromatic carbocycles. The quantitative estimate of drug-likeness (QED) is 0.756. The van der Waals surface area contributed by atoms with Gasteiger partial charge < -0.3 is 15.4 Å². The lowest BCUT2D eigenvalue weighted by molar-refractivity contribution is -0.153. The Balaban J connectivity index is 0.00000280. The van der Waals surface area contributed by atoms with Gasteiger partial charge in [0.25, 0.3) is 0 Å². The average molecular weight is 419 g/mol. The van der Waals surface area contributed by atoms with Gasteiger partial charge in [-0.2, -0.15) is 18.3 Å². The van der Waals surface area contributed by atoms with Crippen molar-refractivity contribution in [3.8, 4) is 5.75 Å². The first-order chi connectivity index (χ1) is 12.8. The highest BCUT2D eigenvalue weighted by atomic mass is 35.5. The van der Waals surface area contributed by atoms with Crippen LogP contribution in [0.5, 0.6) is 5.75 Å². The maximum atomic E-state index is 12.6. The maximum absolute atomic E-state index is 12.6. The zero-order chi connectivity index (χ0) is 19.4. The Labute approximate surface area is 166 Å². The number of aryl methyl sites for hydroxylation is 1. The van der Waals surface area contributed by atoms with E-state index in [9.17, 15) is 18.0 Å². The number of aromatic nitrogens is 2. The normalized spacial score (nSPS) is 19.1. The molecule has 0 bridgehead atoms. The molecular formula is C18H22ClF3N4O2. The van der Waals surface area contributed by atoms with Crippen molar-refractivity contribution in [2.24, 2.45) is 13.0 Å². The highest BCUT2D eigenvalue weighted by molar-refractivity contribution is 5.85. The number of benzene rings is 1. The fourth-order valence-electron chi connectivity index (χ4n) is 3.17. The molecule has 1 aliphatic rings. The Morgan fingerprint density at radius 3 is 2.86 bits per heavy atom. The summed E-state index contributed by atoms with van der Waals surface area (Å²) in [5.41, 5.74) is 1.68. The van der Waals surface area contributed by atoms with Crippen molar-refractivity contribution in [3.05, 3.63) is 47.8 Å². The number of carbonyl (C=O) groups excluding carboxylic acids is 1. The number of nitrogens with zero attached hydrogens (tertiary/aromatic N) is 2. The van der Waals surface area contributed by atoms with E-state index in [2.05, 4.69) is 15.7 Å². The van der Waals surface area contributed by atoms with Crippen LogP contribution in [0.1, 0.15) is 17.0 Å². The van der Waals surface area contributed by atoms with Crippen molar-refractivity contribution in [2.75, 3.05) is 19.7 Å². The molecule has 28 heavy (non-hydrogen) atoms. The fraction of sp³-hybridized carbons (Fsp3) is 0.444. The van der Waals surface area contributed by atoms with E-state index in [1.807, 2.05) is 13.2 Å². The van der Waals surface area contributed by atoms with Crippen molar-refractivity contribution < 1.29 is 22.7 Å². The van der Waals surface area contributed by atoms with Gasteiger partial charge in [0, 0.05) is 38.8 Å². The Morgan fingerprint density at radius 1 is 1.39 bits per heavy atom. The molecule has 1 aromatic heterocycles. The number of hydrogen-bond donors (Lipinski definition) is 2. The molecule has 2 N–H and O–H groups in total. The molecule has 2 aromatic rings. The van der Waals surface area contributed by atoms with E-state index in [1.54, 1.807) is 23.0 Å². The first-order valence-corrected chi connectivity index (χ1v) is 8.57. The summed E-state index contributed by atoms with van der Waals surface area (Å²) in [5.74, 6) is -0.163. The molecule has 1 fully saturated rings. The van der Waals surface area contributed by atoms with E-state index < -0.39 is 12.8 Å². The molecule has 3 rings (SSSR count). The number of carbonyl (C=O) groups is 1. The van der Waals surface area contributed by atoms with Crippen LogP contribution in [0.4, 0.5) is 13.2 Å². The van der Waals surface area contributed by atoms with Crippen molar-refractivity contribution >= 4 is 18.3 Å². The number of rotatable bonds is 6. The number of hydrogen-bond acceptors (Lipinski definition) is 4. The fourth-order valence-corrected chi connectivity index (χ4v) is 3.17. The van der Waals surface area contributed by atoms with Gasteiger partial charge in [-0.05, 0) is 23.3 Å². The highest BCUT2D eigenvalue weighted by Gasteiger charge is 2.34. The summed E-state index contributed by atoms with van der Waals surface area (Å²) >= 11 is 0. The second-order valence-electron chi connectivity index (χ2n) is 6.59. The summed E-state index contributed by atoms with van der Waals surface area (Å²) < 4.78 is 43.2. The Bertz CT molecular complexity index is 797. The lowest BCUT2D eigenvalue weighted by Gasteiger charge is -2.17. The summed E-state index contributed by atoms with van der Waals surface area (Å²) in [4.78, 5) is 12.6. The van der Waals surface area contributed by atoms with E-state index in [1.165, 1.54) is 12.1 Å². The smallest absolute Gasteiger partial charge is 0.422 e. The molecule has 1 amide bonds. The molecule has 1 saturated heterocycles. The number of ether oxygens (including phenoxy) is 1. The van der Waals surface area contributed by atoms with Gasteiger partial charge in [0.1, 0.15) is 5.75 Å². The second kappa shape index (κ2) is 9.29. The lowest BCUT2D eigenvalue weighted by atomic mass is 9.90. The van der Waals surface area contributed by atoms with Crippen LogP contribution in [0, 0.1) is 5.92 Å². The minimum absolute atomic E-state index is 0. The summed E-state index contributed by atoms with van der Waals surface area (Å²) in [6.45, 7) is 0.145. The molecule has 2 heterocycles. The van der Waals surface area contributed by atoms with Crippen LogP contribution in [0.25, 0.3) is 0 Å². The number of amides is 1. The van der Waals surface area contributed by atoms with Crippen LogP contribution in [0.2, 0.25) is 0 Å². The van der Waals surface area contributed by atoms with E-state index in [0.29, 0.717) is 18.7 Å². The van der Waals surface area contributed by atoms with Crippen LogP contribution >= 0.6 is 12.4 Å². The Hall–Kier alpha value is -2.26. The molecule has 2 atom stereocenters. The molecule has 1 aliphatic heterocycles. The summed E-state index contributed by atoms with van der Waals surface area (Å²) in [7, 11) is 1.83. The zero-order valence-electron chi connectivity index (χ0n) is 15.2. The van der Waals surface area contributed by atoms with Gasteiger partial charge in [-0.25, -0.2) is 0 Å². The van der Waals surface area contributed by atoms with Gasteiger partial charge in [0.2, 0.25) is 5.91 Å². The van der Waals surface area contributed by atoms with Crippen molar-refractivity contribution in [3.63, 3.8) is 0 Å². The summed E-state index contributed by atoms with van der Waals surface area (Å²) in [5, 5.41) is 10.2. The number of halogens is 4. The molecule has 154 valence electrons. The van der Waals surface area contributed by atoms with Gasteiger partial charge in [-0.3, -0.25) is 9.48 Å². The predicted octanol–water partition coefficient (Wildman–Crippen LogP) is 2.40. The van der Waals surface area contributed by atoms with E-state index >= 15 is 0 Å². The second-order valence-corrected chi connectivity index (χ2v) is 6.59. The third kappa shape index (κ3) is 5.87. The Kier molecular flexibility index (Phi) is 7.31. The third-order valence-corrected chi connectivity index (χ3v) is 4.47. The molecular weight excluding hydrogens is 397 g/mol. The summed E-state index contributed by atoms with van der Waals surface area (Å²) in [6, 6.07) is 6.28. The molecule has 10 heteroatoms. The Morgan fingerprint density at radius 2 is 2.18 bits per heavy atom. The highest BCUT2D eigenvalue weighted by Crippen LogP contribution is 2.28. The minimum atomic E-state index is -4.39. The number of alkyl halides is 3. The minimum Gasteiger partial charge on any atom is -0.484 e. The zero-order valence-corrected chi connectivity index (χ0v) is 16.0. The van der Waals surface area contributed by atoms with Gasteiger partial charge >= 0.3 is 6.18 Å². The van der Waals surface area contributed by atoms with E-state index in [4.69, 9.17) is 4.74 Å². The van der Waals surface area contributed by atoms with E-state index in [-0.39, 0.29) is 42.4 Å². The third-order valence-electron chi connectivity index (χ3n) is 4.47. The largest absolute Gasteiger partial charge is 0.484 e. The molecule has 0 aliphatic carbocycles. The van der Waals surface area contributed by atoms with E-state index in [0.717, 1.165) is 5.56 Å². The van der Waals surface area contributed by atoms with Gasteiger partial charge in [-0.15, -0.1) is 12.4 Å². The topological polar surface area (TPSA) is 68.2 Å². The van der Waals surface area contributed by atoms with Crippen molar-refractivity contribution in [1.29, 1.82) is 0 Å². The van der Waals surface area contributed by atoms with Crippen LogP contribution in [0.3, 0.4) is 0 Å². The van der Waals surface area contributed by atoms with Crippen LogP contribution in [-0.4, -0.2) is 41.6 Å². The molecule has 0 saturated carbocycles. The van der Waals surface area contributed by atoms with Crippen molar-refractivity contribution in [2.45, 2.75) is 18.6 Å². The SMILES string of the molecule is Cl.Cn1cc([C@H]2CNC[C@@H]2C(=O)NCc2cccc(OCC(F)(F)F)c2)cn1. The monoisotopic (exact) mass is 418 g/mol. The number of nitrogens with one attached hydrogen (secondary N) is 2. The van der Waals surface area contributed by atoms with Crippen LogP contribution < -0.4 is 15.4 Å². The van der Waals surface area contributed by atoms with Crippen LogP contribution in [-0.2, 0) is 18.4 Å². The molecule has 0 unspecified atom stereocenters. The van der Waals surface area contributed by atoms with Gasteiger partial charge in [0.15, 0.2) is 6.61 Å². The lowest BCUT2D eigenvalue weighted by Crippen LogP contribution is -2.33. The molecule has 0 radical (unpaired) electrons. The molecule has 6 nitrogen and oxygen atoms in total. The first-order valence-electron chi connectivity index (χ1n) is 8.57. The van der Waals surface area contributed by atoms with Gasteiger partial charge in [0.05, 0.1) is 12.1 Å². The maximum Gasteiger partial charge on any atom is 0.422 e. The average Bonchev–Trinajstić information content (AvgIpc) is 3.26. The summed E-state index contributed by atoms with van der Waals surface area (Å²) in [6.07, 6.45) is -0.722. The van der Waals surface area contributed by atoms with Gasteiger partial charge in [-0.1, -0.05) is 12.1 Å².